The van der Waals surface area contributed by atoms with E-state index in [-0.39, 0.29) is 12.6 Å². The molecule has 0 radical (unpaired) electrons. The quantitative estimate of drug-likeness (QED) is 0.806. The summed E-state index contributed by atoms with van der Waals surface area (Å²) < 4.78 is 24.0. The zero-order chi connectivity index (χ0) is 14.7. The molecular formula is C16H14ClFO2S. The number of fused-ring (bicyclic) bond motifs is 1. The van der Waals surface area contributed by atoms with Crippen LogP contribution in [0.3, 0.4) is 0 Å². The molecule has 1 heterocycles. The molecule has 110 valence electrons. The fraction of sp³-hybridized carbons (Fsp3) is 0.250. The maximum Gasteiger partial charge on any atom is 0.189 e. The minimum atomic E-state index is -0.200. The van der Waals surface area contributed by atoms with E-state index in [1.807, 2.05) is 18.2 Å². The second kappa shape index (κ2) is 6.69. The van der Waals surface area contributed by atoms with Gasteiger partial charge in [0, 0.05) is 27.7 Å². The van der Waals surface area contributed by atoms with E-state index in [1.54, 1.807) is 23.9 Å². The van der Waals surface area contributed by atoms with Crippen LogP contribution in [0.15, 0.2) is 36.4 Å². The Kier molecular flexibility index (Phi) is 4.68. The molecular weight excluding hydrogens is 311 g/mol. The van der Waals surface area contributed by atoms with E-state index in [4.69, 9.17) is 21.1 Å². The van der Waals surface area contributed by atoms with Crippen LogP contribution in [0.25, 0.3) is 0 Å². The summed E-state index contributed by atoms with van der Waals surface area (Å²) in [7, 11) is 0. The smallest absolute Gasteiger partial charge is 0.189 e. The van der Waals surface area contributed by atoms with Gasteiger partial charge in [-0.25, -0.2) is 4.39 Å². The monoisotopic (exact) mass is 324 g/mol. The van der Waals surface area contributed by atoms with E-state index < -0.39 is 0 Å². The summed E-state index contributed by atoms with van der Waals surface area (Å²) in [6.45, 7) is 0.799. The van der Waals surface area contributed by atoms with Crippen molar-refractivity contribution < 1.29 is 13.9 Å². The van der Waals surface area contributed by atoms with Crippen molar-refractivity contribution in [2.24, 2.45) is 0 Å². The lowest BCUT2D eigenvalue weighted by Crippen LogP contribution is -2.12. The van der Waals surface area contributed by atoms with Crippen LogP contribution in [-0.2, 0) is 22.8 Å². The standard InChI is InChI=1S/C16H14ClFO2S/c17-14-5-12-7-19-10-20-16(12)13(6-14)9-21-8-11-2-1-3-15(18)4-11/h1-6H,7-10H2. The van der Waals surface area contributed by atoms with Gasteiger partial charge in [0.15, 0.2) is 6.79 Å². The van der Waals surface area contributed by atoms with Gasteiger partial charge in [0.05, 0.1) is 6.61 Å². The van der Waals surface area contributed by atoms with Crippen molar-refractivity contribution in [1.29, 1.82) is 0 Å². The Morgan fingerprint density at radius 3 is 2.95 bits per heavy atom. The molecule has 0 bridgehead atoms. The molecule has 3 rings (SSSR count). The predicted octanol–water partition coefficient (Wildman–Crippen LogP) is 4.78. The zero-order valence-electron chi connectivity index (χ0n) is 11.3. The van der Waals surface area contributed by atoms with Gasteiger partial charge in [0.25, 0.3) is 0 Å². The van der Waals surface area contributed by atoms with Gasteiger partial charge in [-0.3, -0.25) is 0 Å². The molecule has 0 aliphatic carbocycles. The Hall–Kier alpha value is -1.23. The van der Waals surface area contributed by atoms with Crippen LogP contribution < -0.4 is 4.74 Å². The van der Waals surface area contributed by atoms with Crippen LogP contribution >= 0.6 is 23.4 Å². The highest BCUT2D eigenvalue weighted by Crippen LogP contribution is 2.34. The van der Waals surface area contributed by atoms with Gasteiger partial charge in [-0.2, -0.15) is 11.8 Å². The fourth-order valence-electron chi connectivity index (χ4n) is 2.27. The molecule has 2 aromatic rings. The van der Waals surface area contributed by atoms with Crippen molar-refractivity contribution in [3.63, 3.8) is 0 Å². The topological polar surface area (TPSA) is 18.5 Å². The van der Waals surface area contributed by atoms with Crippen molar-refractivity contribution in [2.75, 3.05) is 6.79 Å². The highest BCUT2D eigenvalue weighted by molar-refractivity contribution is 7.97. The average molecular weight is 325 g/mol. The van der Waals surface area contributed by atoms with Gasteiger partial charge in [0.2, 0.25) is 0 Å². The number of benzene rings is 2. The molecule has 0 unspecified atom stereocenters. The molecule has 0 N–H and O–H groups in total. The van der Waals surface area contributed by atoms with E-state index in [1.165, 1.54) is 6.07 Å². The molecule has 2 nitrogen and oxygen atoms in total. The SMILES string of the molecule is Fc1cccc(CSCc2cc(Cl)cc3c2OCOC3)c1. The second-order valence-corrected chi connectivity index (χ2v) is 6.21. The first-order chi connectivity index (χ1) is 10.2. The van der Waals surface area contributed by atoms with Gasteiger partial charge >= 0.3 is 0 Å². The summed E-state index contributed by atoms with van der Waals surface area (Å²) in [5.41, 5.74) is 3.01. The molecule has 21 heavy (non-hydrogen) atoms. The van der Waals surface area contributed by atoms with Gasteiger partial charge < -0.3 is 9.47 Å². The first kappa shape index (κ1) is 14.7. The number of hydrogen-bond donors (Lipinski definition) is 0. The summed E-state index contributed by atoms with van der Waals surface area (Å²) >= 11 is 7.83. The lowest BCUT2D eigenvalue weighted by atomic mass is 10.1. The van der Waals surface area contributed by atoms with E-state index >= 15 is 0 Å². The summed E-state index contributed by atoms with van der Waals surface area (Å²) in [5.74, 6) is 2.18. The van der Waals surface area contributed by atoms with Crippen LogP contribution in [0.5, 0.6) is 5.75 Å². The highest BCUT2D eigenvalue weighted by Gasteiger charge is 2.16. The predicted molar refractivity (Wildman–Crippen MR) is 83.1 cm³/mol. The van der Waals surface area contributed by atoms with Crippen LogP contribution in [0, 0.1) is 5.82 Å². The summed E-state index contributed by atoms with van der Waals surface area (Å²) in [4.78, 5) is 0. The molecule has 0 saturated carbocycles. The van der Waals surface area contributed by atoms with E-state index in [9.17, 15) is 4.39 Å². The van der Waals surface area contributed by atoms with Gasteiger partial charge in [-0.15, -0.1) is 0 Å². The van der Waals surface area contributed by atoms with E-state index in [0.29, 0.717) is 11.6 Å². The Labute approximate surface area is 132 Å². The molecule has 0 atom stereocenters. The Morgan fingerprint density at radius 2 is 2.10 bits per heavy atom. The minimum Gasteiger partial charge on any atom is -0.467 e. The third-order valence-corrected chi connectivity index (χ3v) is 4.44. The number of rotatable bonds is 4. The van der Waals surface area contributed by atoms with E-state index in [2.05, 4.69) is 0 Å². The highest BCUT2D eigenvalue weighted by atomic mass is 35.5. The van der Waals surface area contributed by atoms with Crippen LogP contribution in [0.2, 0.25) is 5.02 Å². The molecule has 5 heteroatoms. The number of halogens is 2. The number of hydrogen-bond acceptors (Lipinski definition) is 3. The molecule has 0 amide bonds. The molecule has 2 aromatic carbocycles. The molecule has 0 aromatic heterocycles. The molecule has 0 saturated heterocycles. The zero-order valence-corrected chi connectivity index (χ0v) is 12.8. The largest absolute Gasteiger partial charge is 0.467 e. The normalized spacial score (nSPS) is 13.6. The number of thioether (sulfide) groups is 1. The van der Waals surface area contributed by atoms with Crippen LogP contribution in [0.4, 0.5) is 4.39 Å². The van der Waals surface area contributed by atoms with Crippen molar-refractivity contribution in [2.45, 2.75) is 18.1 Å². The van der Waals surface area contributed by atoms with Gasteiger partial charge in [0.1, 0.15) is 11.6 Å². The second-order valence-electron chi connectivity index (χ2n) is 4.79. The minimum absolute atomic E-state index is 0.200. The number of ether oxygens (including phenoxy) is 2. The summed E-state index contributed by atoms with van der Waals surface area (Å²) in [6, 6.07) is 10.5. The van der Waals surface area contributed by atoms with Crippen LogP contribution in [0.1, 0.15) is 16.7 Å². The third kappa shape index (κ3) is 3.70. The average Bonchev–Trinajstić information content (AvgIpc) is 2.47. The third-order valence-electron chi connectivity index (χ3n) is 3.17. The first-order valence-electron chi connectivity index (χ1n) is 6.56. The maximum absolute atomic E-state index is 13.1. The van der Waals surface area contributed by atoms with Crippen molar-refractivity contribution in [3.8, 4) is 5.75 Å². The molecule has 0 fully saturated rings. The van der Waals surface area contributed by atoms with Gasteiger partial charge in [-0.05, 0) is 29.8 Å². The molecule has 1 aliphatic heterocycles. The lowest BCUT2D eigenvalue weighted by molar-refractivity contribution is -0.0168. The fourth-order valence-corrected chi connectivity index (χ4v) is 3.48. The Balaban J connectivity index is 1.69. The van der Waals surface area contributed by atoms with E-state index in [0.717, 1.165) is 33.9 Å². The molecule has 1 aliphatic rings. The van der Waals surface area contributed by atoms with Gasteiger partial charge in [-0.1, -0.05) is 23.7 Å². The Bertz CT molecular complexity index is 648. The maximum atomic E-state index is 13.1. The van der Waals surface area contributed by atoms with Crippen molar-refractivity contribution in [3.05, 3.63) is 63.9 Å². The van der Waals surface area contributed by atoms with Crippen LogP contribution in [-0.4, -0.2) is 6.79 Å². The van der Waals surface area contributed by atoms with Crippen molar-refractivity contribution in [1.82, 2.24) is 0 Å². The first-order valence-corrected chi connectivity index (χ1v) is 8.09. The summed E-state index contributed by atoms with van der Waals surface area (Å²) in [6.07, 6.45) is 0. The van der Waals surface area contributed by atoms with Crippen molar-refractivity contribution >= 4 is 23.4 Å². The lowest BCUT2D eigenvalue weighted by Gasteiger charge is -2.21. The Morgan fingerprint density at radius 1 is 1.19 bits per heavy atom. The molecule has 0 spiro atoms. The summed E-state index contributed by atoms with van der Waals surface area (Å²) in [5, 5.41) is 0.684.